The number of hydrogen-bond acceptors (Lipinski definition) is 9. The molecule has 0 saturated carbocycles. The molecule has 11 nitrogen and oxygen atoms in total. The minimum absolute atomic E-state index is 0.268. The predicted octanol–water partition coefficient (Wildman–Crippen LogP) is 5.20. The number of para-hydroxylation sites is 1. The molecule has 5 rings (SSSR count). The summed E-state index contributed by atoms with van der Waals surface area (Å²) in [4.78, 5) is 43.9. The van der Waals surface area contributed by atoms with Crippen LogP contribution in [0.1, 0.15) is 43.6 Å². The van der Waals surface area contributed by atoms with Crippen LogP contribution < -0.4 is 10.5 Å². The Morgan fingerprint density at radius 2 is 1.69 bits per heavy atom. The Kier molecular flexibility index (Phi) is 7.92. The molecule has 0 atom stereocenters. The Morgan fingerprint density at radius 1 is 0.952 bits per heavy atom. The van der Waals surface area contributed by atoms with Gasteiger partial charge in [0.05, 0.1) is 35.2 Å². The zero-order valence-corrected chi connectivity index (χ0v) is 23.7. The summed E-state index contributed by atoms with van der Waals surface area (Å²) in [7, 11) is 0. The molecule has 0 amide bonds. The maximum absolute atomic E-state index is 13.1. The predicted molar refractivity (Wildman–Crippen MR) is 154 cm³/mol. The van der Waals surface area contributed by atoms with Crippen molar-refractivity contribution in [3.63, 3.8) is 0 Å². The quantitative estimate of drug-likeness (QED) is 0.187. The molecule has 11 heteroatoms. The van der Waals surface area contributed by atoms with Gasteiger partial charge < -0.3 is 14.2 Å². The van der Waals surface area contributed by atoms with E-state index in [4.69, 9.17) is 14.2 Å². The third kappa shape index (κ3) is 5.95. The maximum Gasteiger partial charge on any atom is 0.439 e. The number of rotatable bonds is 9. The molecular formula is C31H30N4O7. The van der Waals surface area contributed by atoms with Gasteiger partial charge in [0.25, 0.3) is 6.01 Å². The highest BCUT2D eigenvalue weighted by Crippen LogP contribution is 2.31. The van der Waals surface area contributed by atoms with E-state index >= 15 is 0 Å². The van der Waals surface area contributed by atoms with Crippen molar-refractivity contribution >= 4 is 23.0 Å². The molecule has 0 bridgehead atoms. The van der Waals surface area contributed by atoms with E-state index in [0.717, 1.165) is 22.3 Å². The Hall–Kier alpha value is -5.19. The van der Waals surface area contributed by atoms with E-state index in [-0.39, 0.29) is 5.56 Å². The molecule has 3 aromatic carbocycles. The summed E-state index contributed by atoms with van der Waals surface area (Å²) >= 11 is 0. The second-order valence-corrected chi connectivity index (χ2v) is 10.5. The standard InChI is InChI=1S/C31H30N4O7/c1-5-39-29-32-24-12-8-11-23(27(36)40-18-41-28(37)31(2,3)4)25(24)35(29)17-19-13-15-20(16-14-19)21-9-6-7-10-22(21)26-33-30(38)42-34-26/h6-16H,5,17-18H2,1-4H3,(H,33,34,38). The molecular weight excluding hydrogens is 540 g/mol. The molecule has 0 radical (unpaired) electrons. The average molecular weight is 571 g/mol. The first-order valence-corrected chi connectivity index (χ1v) is 13.4. The summed E-state index contributed by atoms with van der Waals surface area (Å²) in [6.07, 6.45) is 0. The Bertz CT molecular complexity index is 1790. The summed E-state index contributed by atoms with van der Waals surface area (Å²) < 4.78 is 22.7. The molecule has 0 aliphatic heterocycles. The van der Waals surface area contributed by atoms with Gasteiger partial charge in [0.1, 0.15) is 0 Å². The van der Waals surface area contributed by atoms with Crippen molar-refractivity contribution in [2.75, 3.05) is 13.4 Å². The van der Waals surface area contributed by atoms with Gasteiger partial charge in [-0.25, -0.2) is 9.59 Å². The second kappa shape index (κ2) is 11.7. The lowest BCUT2D eigenvalue weighted by atomic mass is 9.98. The largest absolute Gasteiger partial charge is 0.465 e. The molecule has 216 valence electrons. The Balaban J connectivity index is 1.43. The van der Waals surface area contributed by atoms with Crippen LogP contribution in [0, 0.1) is 5.41 Å². The topological polar surface area (TPSA) is 139 Å². The van der Waals surface area contributed by atoms with Crippen molar-refractivity contribution in [3.8, 4) is 28.5 Å². The minimum Gasteiger partial charge on any atom is -0.465 e. The van der Waals surface area contributed by atoms with E-state index in [1.54, 1.807) is 39.0 Å². The van der Waals surface area contributed by atoms with Crippen molar-refractivity contribution in [2.45, 2.75) is 34.2 Å². The van der Waals surface area contributed by atoms with Gasteiger partial charge in [-0.2, -0.15) is 4.98 Å². The van der Waals surface area contributed by atoms with E-state index in [2.05, 4.69) is 19.6 Å². The van der Waals surface area contributed by atoms with Crippen LogP contribution in [0.4, 0.5) is 0 Å². The van der Waals surface area contributed by atoms with E-state index < -0.39 is 29.9 Å². The van der Waals surface area contributed by atoms with Crippen LogP contribution in [0.3, 0.4) is 0 Å². The first-order valence-electron chi connectivity index (χ1n) is 13.4. The number of carbonyl (C=O) groups is 2. The first kappa shape index (κ1) is 28.3. The average Bonchev–Trinajstić information content (AvgIpc) is 3.56. The van der Waals surface area contributed by atoms with Gasteiger partial charge in [0.15, 0.2) is 5.82 Å². The molecule has 2 heterocycles. The molecule has 0 fully saturated rings. The van der Waals surface area contributed by atoms with Crippen LogP contribution in [0.2, 0.25) is 0 Å². The highest BCUT2D eigenvalue weighted by Gasteiger charge is 2.25. The molecule has 1 N–H and O–H groups in total. The zero-order chi connectivity index (χ0) is 29.9. The minimum atomic E-state index is -0.718. The third-order valence-corrected chi connectivity index (χ3v) is 6.45. The number of aromatic nitrogens is 4. The van der Waals surface area contributed by atoms with Crippen LogP contribution in [-0.4, -0.2) is 45.0 Å². The van der Waals surface area contributed by atoms with Gasteiger partial charge in [0, 0.05) is 5.56 Å². The third-order valence-electron chi connectivity index (χ3n) is 6.45. The van der Waals surface area contributed by atoms with Crippen LogP contribution in [-0.2, 0) is 20.8 Å². The number of fused-ring (bicyclic) bond motifs is 1. The van der Waals surface area contributed by atoms with Crippen LogP contribution in [0.25, 0.3) is 33.5 Å². The first-order chi connectivity index (χ1) is 20.2. The van der Waals surface area contributed by atoms with E-state index in [1.165, 1.54) is 0 Å². The van der Waals surface area contributed by atoms with Gasteiger partial charge in [-0.05, 0) is 56.5 Å². The van der Waals surface area contributed by atoms with Crippen molar-refractivity contribution in [3.05, 3.63) is 88.4 Å². The smallest absolute Gasteiger partial charge is 0.439 e. The molecule has 0 unspecified atom stereocenters. The molecule has 5 aromatic rings. The molecule has 0 spiro atoms. The summed E-state index contributed by atoms with van der Waals surface area (Å²) in [5, 5.41) is 3.83. The van der Waals surface area contributed by atoms with Crippen molar-refractivity contribution in [1.82, 2.24) is 19.7 Å². The lowest BCUT2D eigenvalue weighted by Crippen LogP contribution is -2.24. The van der Waals surface area contributed by atoms with Crippen LogP contribution in [0.5, 0.6) is 6.01 Å². The number of esters is 2. The SMILES string of the molecule is CCOc1nc2cccc(C(=O)OCOC(=O)C(C)(C)C)c2n1Cc1ccc(-c2ccccc2-c2noc(=O)[nH]2)cc1. The number of aromatic amines is 1. The number of nitrogens with one attached hydrogen (secondary N) is 1. The lowest BCUT2D eigenvalue weighted by Gasteiger charge is -2.16. The lowest BCUT2D eigenvalue weighted by molar-refractivity contribution is -0.161. The molecule has 42 heavy (non-hydrogen) atoms. The highest BCUT2D eigenvalue weighted by molar-refractivity contribution is 6.02. The molecule has 0 saturated heterocycles. The number of hydrogen-bond donors (Lipinski definition) is 1. The van der Waals surface area contributed by atoms with Crippen LogP contribution >= 0.6 is 0 Å². The fraction of sp³-hybridized carbons (Fsp3) is 0.258. The maximum atomic E-state index is 13.1. The number of imidazole rings is 1. The highest BCUT2D eigenvalue weighted by atomic mass is 16.7. The molecule has 0 aliphatic rings. The number of benzene rings is 3. The Morgan fingerprint density at radius 3 is 2.36 bits per heavy atom. The van der Waals surface area contributed by atoms with Gasteiger partial charge in [-0.3, -0.25) is 18.9 Å². The fourth-order valence-electron chi connectivity index (χ4n) is 4.41. The number of nitrogens with zero attached hydrogens (tertiary/aromatic N) is 3. The van der Waals surface area contributed by atoms with Crippen molar-refractivity contribution < 1.29 is 28.3 Å². The Labute approximate surface area is 241 Å². The van der Waals surface area contributed by atoms with E-state index in [1.807, 2.05) is 60.0 Å². The summed E-state index contributed by atoms with van der Waals surface area (Å²) in [5.41, 5.74) is 4.08. The monoisotopic (exact) mass is 570 g/mol. The molecule has 0 aliphatic carbocycles. The molecule has 2 aromatic heterocycles. The number of carbonyl (C=O) groups excluding carboxylic acids is 2. The van der Waals surface area contributed by atoms with Gasteiger partial charge in [-0.1, -0.05) is 59.8 Å². The van der Waals surface area contributed by atoms with E-state index in [0.29, 0.717) is 36.0 Å². The second-order valence-electron chi connectivity index (χ2n) is 10.5. The fourth-order valence-corrected chi connectivity index (χ4v) is 4.41. The zero-order valence-electron chi connectivity index (χ0n) is 23.7. The summed E-state index contributed by atoms with van der Waals surface area (Å²) in [6.45, 7) is 7.25. The summed E-state index contributed by atoms with van der Waals surface area (Å²) in [5.74, 6) is -1.40. The number of H-pyrrole nitrogens is 1. The van der Waals surface area contributed by atoms with Crippen LogP contribution in [0.15, 0.2) is 76.0 Å². The van der Waals surface area contributed by atoms with Gasteiger partial charge >= 0.3 is 17.7 Å². The summed E-state index contributed by atoms with van der Waals surface area (Å²) in [6, 6.07) is 20.9. The van der Waals surface area contributed by atoms with Gasteiger partial charge in [0.2, 0.25) is 6.79 Å². The van der Waals surface area contributed by atoms with Crippen molar-refractivity contribution in [1.29, 1.82) is 0 Å². The van der Waals surface area contributed by atoms with Gasteiger partial charge in [-0.15, -0.1) is 0 Å². The number of ether oxygens (including phenoxy) is 3. The normalized spacial score (nSPS) is 11.4. The van der Waals surface area contributed by atoms with E-state index in [9.17, 15) is 14.4 Å². The van der Waals surface area contributed by atoms with Crippen molar-refractivity contribution in [2.24, 2.45) is 5.41 Å².